The van der Waals surface area contributed by atoms with Crippen molar-refractivity contribution >= 4 is 29.0 Å². The molecule has 3 rings (SSSR count). The van der Waals surface area contributed by atoms with E-state index in [4.69, 9.17) is 5.73 Å². The Morgan fingerprint density at radius 2 is 1.52 bits per heavy atom. The molecule has 0 fully saturated rings. The van der Waals surface area contributed by atoms with Gasteiger partial charge in [0.25, 0.3) is 5.91 Å². The highest BCUT2D eigenvalue weighted by molar-refractivity contribution is 7.99. The van der Waals surface area contributed by atoms with E-state index in [2.05, 4.69) is 29.6 Å². The number of carbonyl (C=O) groups excluding carboxylic acids is 1. The van der Waals surface area contributed by atoms with Crippen LogP contribution < -0.4 is 11.1 Å². The molecule has 1 amide bonds. The van der Waals surface area contributed by atoms with Crippen LogP contribution in [-0.4, -0.2) is 5.91 Å². The highest BCUT2D eigenvalue weighted by atomic mass is 32.2. The summed E-state index contributed by atoms with van der Waals surface area (Å²) in [4.78, 5) is 13.8. The van der Waals surface area contributed by atoms with Gasteiger partial charge in [-0.1, -0.05) is 48.2 Å². The van der Waals surface area contributed by atoms with Gasteiger partial charge in [-0.15, -0.1) is 0 Å². The zero-order valence-electron chi connectivity index (χ0n) is 12.4. The lowest BCUT2D eigenvalue weighted by Crippen LogP contribution is -2.13. The standard InChI is InChI=1S/C19H16N2OS/c20-19(22)17-11-4-5-12-18(17)21-14-7-6-10-16(13-14)23-15-8-2-1-3-9-15/h1-13,21H,(H2,20,22). The maximum absolute atomic E-state index is 11.5. The van der Waals surface area contributed by atoms with E-state index in [-0.39, 0.29) is 0 Å². The maximum Gasteiger partial charge on any atom is 0.250 e. The number of amides is 1. The highest BCUT2D eigenvalue weighted by Crippen LogP contribution is 2.30. The van der Waals surface area contributed by atoms with E-state index in [1.165, 1.54) is 4.90 Å². The highest BCUT2D eigenvalue weighted by Gasteiger charge is 2.07. The molecule has 0 aliphatic rings. The minimum Gasteiger partial charge on any atom is -0.366 e. The van der Waals surface area contributed by atoms with Crippen LogP contribution in [-0.2, 0) is 0 Å². The first-order valence-electron chi connectivity index (χ1n) is 7.21. The van der Waals surface area contributed by atoms with Crippen LogP contribution in [0.5, 0.6) is 0 Å². The van der Waals surface area contributed by atoms with Crippen LogP contribution >= 0.6 is 11.8 Å². The first-order chi connectivity index (χ1) is 11.2. The molecule has 0 aromatic heterocycles. The normalized spacial score (nSPS) is 10.3. The Morgan fingerprint density at radius 3 is 2.30 bits per heavy atom. The lowest BCUT2D eigenvalue weighted by molar-refractivity contribution is 0.100. The quantitative estimate of drug-likeness (QED) is 0.717. The van der Waals surface area contributed by atoms with Gasteiger partial charge in [-0.2, -0.15) is 0 Å². The van der Waals surface area contributed by atoms with Gasteiger partial charge >= 0.3 is 0 Å². The summed E-state index contributed by atoms with van der Waals surface area (Å²) in [6, 6.07) is 25.5. The SMILES string of the molecule is NC(=O)c1ccccc1Nc1cccc(Sc2ccccc2)c1. The summed E-state index contributed by atoms with van der Waals surface area (Å²) in [5, 5.41) is 3.27. The van der Waals surface area contributed by atoms with Crippen LogP contribution in [0, 0.1) is 0 Å². The van der Waals surface area contributed by atoms with E-state index in [1.807, 2.05) is 42.5 Å². The Kier molecular flexibility index (Phi) is 4.64. The van der Waals surface area contributed by atoms with Gasteiger partial charge in [0, 0.05) is 15.5 Å². The number of rotatable bonds is 5. The van der Waals surface area contributed by atoms with Crippen molar-refractivity contribution in [3.63, 3.8) is 0 Å². The molecule has 0 atom stereocenters. The summed E-state index contributed by atoms with van der Waals surface area (Å²) < 4.78 is 0. The molecule has 4 heteroatoms. The summed E-state index contributed by atoms with van der Waals surface area (Å²) in [6.07, 6.45) is 0. The minimum absolute atomic E-state index is 0.442. The van der Waals surface area contributed by atoms with Crippen LogP contribution in [0.2, 0.25) is 0 Å². The molecule has 0 bridgehead atoms. The van der Waals surface area contributed by atoms with Gasteiger partial charge in [-0.25, -0.2) is 0 Å². The molecule has 0 saturated heterocycles. The summed E-state index contributed by atoms with van der Waals surface area (Å²) in [5.41, 5.74) is 7.52. The molecule has 0 saturated carbocycles. The molecular weight excluding hydrogens is 304 g/mol. The van der Waals surface area contributed by atoms with Crippen molar-refractivity contribution in [2.45, 2.75) is 9.79 Å². The first kappa shape index (κ1) is 15.2. The zero-order chi connectivity index (χ0) is 16.1. The van der Waals surface area contributed by atoms with E-state index >= 15 is 0 Å². The molecule has 0 spiro atoms. The summed E-state index contributed by atoms with van der Waals surface area (Å²) in [5.74, 6) is -0.442. The van der Waals surface area contributed by atoms with E-state index < -0.39 is 5.91 Å². The number of primary amides is 1. The van der Waals surface area contributed by atoms with Gasteiger partial charge in [0.05, 0.1) is 11.3 Å². The fourth-order valence-electron chi connectivity index (χ4n) is 2.22. The maximum atomic E-state index is 11.5. The second-order valence-electron chi connectivity index (χ2n) is 4.98. The van der Waals surface area contributed by atoms with Crippen LogP contribution in [0.1, 0.15) is 10.4 Å². The number of carbonyl (C=O) groups is 1. The second-order valence-corrected chi connectivity index (χ2v) is 6.12. The molecule has 0 radical (unpaired) electrons. The zero-order valence-corrected chi connectivity index (χ0v) is 13.2. The number of anilines is 2. The lowest BCUT2D eigenvalue weighted by Gasteiger charge is -2.11. The third-order valence-corrected chi connectivity index (χ3v) is 4.28. The summed E-state index contributed by atoms with van der Waals surface area (Å²) in [6.45, 7) is 0. The first-order valence-corrected chi connectivity index (χ1v) is 8.03. The van der Waals surface area contributed by atoms with Gasteiger partial charge in [0.15, 0.2) is 0 Å². The molecule has 3 aromatic rings. The number of nitrogens with one attached hydrogen (secondary N) is 1. The largest absolute Gasteiger partial charge is 0.366 e. The molecule has 0 heterocycles. The van der Waals surface area contributed by atoms with Gasteiger partial charge in [-0.3, -0.25) is 4.79 Å². The molecule has 114 valence electrons. The Bertz CT molecular complexity index is 818. The van der Waals surface area contributed by atoms with Crippen molar-refractivity contribution in [1.82, 2.24) is 0 Å². The Hall–Kier alpha value is -2.72. The molecule has 0 aliphatic heterocycles. The average molecular weight is 320 g/mol. The van der Waals surface area contributed by atoms with E-state index in [1.54, 1.807) is 23.9 Å². The van der Waals surface area contributed by atoms with Crippen molar-refractivity contribution in [2.75, 3.05) is 5.32 Å². The third-order valence-electron chi connectivity index (χ3n) is 3.28. The second kappa shape index (κ2) is 7.03. The van der Waals surface area contributed by atoms with E-state index in [0.717, 1.165) is 10.6 Å². The van der Waals surface area contributed by atoms with Gasteiger partial charge < -0.3 is 11.1 Å². The molecule has 3 nitrogen and oxygen atoms in total. The van der Waals surface area contributed by atoms with Crippen LogP contribution in [0.15, 0.2) is 88.7 Å². The van der Waals surface area contributed by atoms with Gasteiger partial charge in [0.2, 0.25) is 0 Å². The molecule has 3 N–H and O–H groups in total. The Morgan fingerprint density at radius 1 is 0.826 bits per heavy atom. The molecule has 0 unspecified atom stereocenters. The lowest BCUT2D eigenvalue weighted by atomic mass is 10.1. The third kappa shape index (κ3) is 3.93. The van der Waals surface area contributed by atoms with Crippen molar-refractivity contribution in [1.29, 1.82) is 0 Å². The number of nitrogens with two attached hydrogens (primary N) is 1. The van der Waals surface area contributed by atoms with Crippen LogP contribution in [0.3, 0.4) is 0 Å². The van der Waals surface area contributed by atoms with Crippen LogP contribution in [0.25, 0.3) is 0 Å². The molecular formula is C19H16N2OS. The number of benzene rings is 3. The van der Waals surface area contributed by atoms with Crippen molar-refractivity contribution < 1.29 is 4.79 Å². The predicted octanol–water partition coefficient (Wildman–Crippen LogP) is 4.68. The minimum atomic E-state index is -0.442. The number of hydrogen-bond acceptors (Lipinski definition) is 3. The topological polar surface area (TPSA) is 55.1 Å². The number of hydrogen-bond donors (Lipinski definition) is 2. The van der Waals surface area contributed by atoms with Gasteiger partial charge in [0.1, 0.15) is 0 Å². The van der Waals surface area contributed by atoms with E-state index in [0.29, 0.717) is 11.3 Å². The molecule has 23 heavy (non-hydrogen) atoms. The Balaban J connectivity index is 1.82. The Labute approximate surface area is 139 Å². The monoisotopic (exact) mass is 320 g/mol. The molecule has 3 aromatic carbocycles. The van der Waals surface area contributed by atoms with Crippen molar-refractivity contribution in [2.24, 2.45) is 5.73 Å². The summed E-state index contributed by atoms with van der Waals surface area (Å²) >= 11 is 1.69. The smallest absolute Gasteiger partial charge is 0.250 e. The summed E-state index contributed by atoms with van der Waals surface area (Å²) in [7, 11) is 0. The number of para-hydroxylation sites is 1. The fraction of sp³-hybridized carbons (Fsp3) is 0. The fourth-order valence-corrected chi connectivity index (χ4v) is 3.12. The van der Waals surface area contributed by atoms with E-state index in [9.17, 15) is 4.79 Å². The average Bonchev–Trinajstić information content (AvgIpc) is 2.56. The molecule has 0 aliphatic carbocycles. The van der Waals surface area contributed by atoms with Crippen molar-refractivity contribution in [3.8, 4) is 0 Å². The van der Waals surface area contributed by atoms with Crippen LogP contribution in [0.4, 0.5) is 11.4 Å². The van der Waals surface area contributed by atoms with Gasteiger partial charge in [-0.05, 0) is 42.5 Å². The predicted molar refractivity (Wildman–Crippen MR) is 95.2 cm³/mol. The van der Waals surface area contributed by atoms with Crippen molar-refractivity contribution in [3.05, 3.63) is 84.4 Å².